The van der Waals surface area contributed by atoms with E-state index >= 15 is 0 Å². The smallest absolute Gasteiger partial charge is 0.161 e. The van der Waals surface area contributed by atoms with E-state index in [4.69, 9.17) is 0 Å². The molecule has 5 aromatic rings. The molecule has 0 unspecified atom stereocenters. The lowest BCUT2D eigenvalue weighted by Crippen LogP contribution is -2.00. The molecule has 0 aliphatic rings. The molecule has 2 heterocycles. The van der Waals surface area contributed by atoms with Crippen molar-refractivity contribution in [2.24, 2.45) is 0 Å². The SMILES string of the molecule is CC(C)c1ccc(Nc2nnc(-c3ccc(-n4cccn4)cc3)c3ccccc23)cc1. The van der Waals surface area contributed by atoms with Crippen LogP contribution in [0.1, 0.15) is 25.3 Å². The summed E-state index contributed by atoms with van der Waals surface area (Å²) in [5.74, 6) is 1.26. The van der Waals surface area contributed by atoms with E-state index < -0.39 is 0 Å². The number of nitrogens with one attached hydrogen (secondary N) is 1. The minimum Gasteiger partial charge on any atom is -0.338 e. The van der Waals surface area contributed by atoms with Crippen molar-refractivity contribution in [2.75, 3.05) is 5.32 Å². The van der Waals surface area contributed by atoms with Crippen LogP contribution in [-0.2, 0) is 0 Å². The van der Waals surface area contributed by atoms with Gasteiger partial charge in [-0.15, -0.1) is 10.2 Å². The Labute approximate surface area is 181 Å². The van der Waals surface area contributed by atoms with Crippen LogP contribution < -0.4 is 5.32 Å². The second-order valence-electron chi connectivity index (χ2n) is 7.84. The van der Waals surface area contributed by atoms with Crippen LogP contribution in [0.15, 0.2) is 91.3 Å². The van der Waals surface area contributed by atoms with Crippen LogP contribution in [0.2, 0.25) is 0 Å². The molecule has 0 bridgehead atoms. The monoisotopic (exact) mass is 405 g/mol. The van der Waals surface area contributed by atoms with Crippen LogP contribution in [0, 0.1) is 0 Å². The first kappa shape index (κ1) is 19.0. The molecule has 2 aromatic heterocycles. The Morgan fingerprint density at radius 3 is 2.19 bits per heavy atom. The highest BCUT2D eigenvalue weighted by molar-refractivity contribution is 6.00. The highest BCUT2D eigenvalue weighted by atomic mass is 15.3. The predicted molar refractivity (Wildman–Crippen MR) is 126 cm³/mol. The molecule has 0 saturated heterocycles. The zero-order valence-corrected chi connectivity index (χ0v) is 17.5. The van der Waals surface area contributed by atoms with Gasteiger partial charge < -0.3 is 5.32 Å². The van der Waals surface area contributed by atoms with Crippen LogP contribution in [-0.4, -0.2) is 20.0 Å². The van der Waals surface area contributed by atoms with Gasteiger partial charge in [0.25, 0.3) is 0 Å². The van der Waals surface area contributed by atoms with Crippen LogP contribution in [0.5, 0.6) is 0 Å². The van der Waals surface area contributed by atoms with E-state index in [9.17, 15) is 0 Å². The third kappa shape index (κ3) is 3.78. The van der Waals surface area contributed by atoms with Gasteiger partial charge in [0.2, 0.25) is 0 Å². The van der Waals surface area contributed by atoms with Gasteiger partial charge >= 0.3 is 0 Å². The average Bonchev–Trinajstić information content (AvgIpc) is 3.35. The second-order valence-corrected chi connectivity index (χ2v) is 7.84. The van der Waals surface area contributed by atoms with Crippen molar-refractivity contribution < 1.29 is 0 Å². The maximum Gasteiger partial charge on any atom is 0.161 e. The minimum absolute atomic E-state index is 0.508. The Morgan fingerprint density at radius 2 is 1.52 bits per heavy atom. The zero-order valence-electron chi connectivity index (χ0n) is 17.5. The number of anilines is 2. The summed E-state index contributed by atoms with van der Waals surface area (Å²) in [6, 6.07) is 26.8. The molecule has 3 aromatic carbocycles. The first-order valence-electron chi connectivity index (χ1n) is 10.4. The molecule has 0 spiro atoms. The van der Waals surface area contributed by atoms with E-state index in [1.165, 1.54) is 5.56 Å². The summed E-state index contributed by atoms with van der Waals surface area (Å²) in [7, 11) is 0. The molecule has 5 heteroatoms. The van der Waals surface area contributed by atoms with Gasteiger partial charge in [-0.1, -0.05) is 62.4 Å². The summed E-state index contributed by atoms with van der Waals surface area (Å²) >= 11 is 0. The Balaban J connectivity index is 1.50. The molecule has 0 saturated carbocycles. The van der Waals surface area contributed by atoms with Crippen molar-refractivity contribution in [3.8, 4) is 16.9 Å². The molecule has 1 N–H and O–H groups in total. The molecule has 0 atom stereocenters. The highest BCUT2D eigenvalue weighted by Crippen LogP contribution is 2.31. The standard InChI is InChI=1S/C26H23N5/c1-18(2)19-8-12-21(13-9-19)28-26-24-7-4-3-6-23(24)25(29-30-26)20-10-14-22(15-11-20)31-17-5-16-27-31/h3-18H,1-2H3,(H,28,30). The van der Waals surface area contributed by atoms with Crippen LogP contribution in [0.3, 0.4) is 0 Å². The van der Waals surface area contributed by atoms with E-state index in [2.05, 4.69) is 83.0 Å². The summed E-state index contributed by atoms with van der Waals surface area (Å²) in [6.07, 6.45) is 3.70. The van der Waals surface area contributed by atoms with E-state index in [0.717, 1.165) is 39.2 Å². The average molecular weight is 406 g/mol. The van der Waals surface area contributed by atoms with Gasteiger partial charge in [0.1, 0.15) is 5.69 Å². The predicted octanol–water partition coefficient (Wildman–Crippen LogP) is 6.35. The van der Waals surface area contributed by atoms with Gasteiger partial charge in [-0.25, -0.2) is 4.68 Å². The first-order chi connectivity index (χ1) is 15.2. The normalized spacial score (nSPS) is 11.2. The van der Waals surface area contributed by atoms with E-state index in [1.807, 2.05) is 41.2 Å². The van der Waals surface area contributed by atoms with Crippen LogP contribution in [0.4, 0.5) is 11.5 Å². The molecule has 5 rings (SSSR count). The van der Waals surface area contributed by atoms with Gasteiger partial charge in [-0.05, 0) is 41.8 Å². The maximum atomic E-state index is 4.58. The van der Waals surface area contributed by atoms with Crippen molar-refractivity contribution >= 4 is 22.3 Å². The van der Waals surface area contributed by atoms with Gasteiger partial charge in [0, 0.05) is 34.4 Å². The molecule has 0 aliphatic carbocycles. The quantitative estimate of drug-likeness (QED) is 0.370. The molecular formula is C26H23N5. The zero-order chi connectivity index (χ0) is 21.2. The van der Waals surface area contributed by atoms with E-state index in [-0.39, 0.29) is 0 Å². The number of nitrogens with zero attached hydrogens (tertiary/aromatic N) is 4. The fourth-order valence-electron chi connectivity index (χ4n) is 3.69. The molecule has 5 nitrogen and oxygen atoms in total. The largest absolute Gasteiger partial charge is 0.338 e. The molecule has 0 fully saturated rings. The maximum absolute atomic E-state index is 4.58. The van der Waals surface area contributed by atoms with Crippen LogP contribution >= 0.6 is 0 Å². The fourth-order valence-corrected chi connectivity index (χ4v) is 3.69. The Kier molecular flexibility index (Phi) is 4.92. The Morgan fingerprint density at radius 1 is 0.774 bits per heavy atom. The Hall–Kier alpha value is -3.99. The molecule has 0 amide bonds. The number of aromatic nitrogens is 4. The topological polar surface area (TPSA) is 55.6 Å². The second kappa shape index (κ2) is 8.03. The van der Waals surface area contributed by atoms with Crippen LogP contribution in [0.25, 0.3) is 27.7 Å². The highest BCUT2D eigenvalue weighted by Gasteiger charge is 2.11. The number of rotatable bonds is 5. The fraction of sp³-hybridized carbons (Fsp3) is 0.115. The third-order valence-corrected chi connectivity index (χ3v) is 5.44. The Bertz CT molecular complexity index is 1300. The van der Waals surface area contributed by atoms with E-state index in [1.54, 1.807) is 6.20 Å². The van der Waals surface area contributed by atoms with Crippen molar-refractivity contribution in [2.45, 2.75) is 19.8 Å². The summed E-state index contributed by atoms with van der Waals surface area (Å²) in [5, 5.41) is 18.9. The number of hydrogen-bond donors (Lipinski definition) is 1. The molecule has 0 radical (unpaired) electrons. The third-order valence-electron chi connectivity index (χ3n) is 5.44. The van der Waals surface area contributed by atoms with E-state index in [0.29, 0.717) is 5.92 Å². The lowest BCUT2D eigenvalue weighted by molar-refractivity contribution is 0.867. The minimum atomic E-state index is 0.508. The molecule has 152 valence electrons. The van der Waals surface area contributed by atoms with Gasteiger partial charge in [-0.2, -0.15) is 5.10 Å². The van der Waals surface area contributed by atoms with Gasteiger partial charge in [-0.3, -0.25) is 0 Å². The summed E-state index contributed by atoms with van der Waals surface area (Å²) in [4.78, 5) is 0. The summed E-state index contributed by atoms with van der Waals surface area (Å²) in [5.41, 5.74) is 5.21. The van der Waals surface area contributed by atoms with Crippen molar-refractivity contribution in [3.05, 3.63) is 96.8 Å². The van der Waals surface area contributed by atoms with Gasteiger partial charge in [0.05, 0.1) is 5.69 Å². The summed E-state index contributed by atoms with van der Waals surface area (Å²) in [6.45, 7) is 4.39. The molecule has 0 aliphatic heterocycles. The lowest BCUT2D eigenvalue weighted by Gasteiger charge is -2.12. The molecule has 31 heavy (non-hydrogen) atoms. The van der Waals surface area contributed by atoms with Gasteiger partial charge in [0.15, 0.2) is 5.82 Å². The number of hydrogen-bond acceptors (Lipinski definition) is 4. The van der Waals surface area contributed by atoms with Crippen molar-refractivity contribution in [1.29, 1.82) is 0 Å². The first-order valence-corrected chi connectivity index (χ1v) is 10.4. The van der Waals surface area contributed by atoms with Crippen molar-refractivity contribution in [1.82, 2.24) is 20.0 Å². The summed E-state index contributed by atoms with van der Waals surface area (Å²) < 4.78 is 1.84. The molecular weight excluding hydrogens is 382 g/mol. The van der Waals surface area contributed by atoms with Crippen molar-refractivity contribution in [3.63, 3.8) is 0 Å². The number of fused-ring (bicyclic) bond motifs is 1. The lowest BCUT2D eigenvalue weighted by atomic mass is 10.0. The number of benzene rings is 3.